The Hall–Kier alpha value is -1.37. The van der Waals surface area contributed by atoms with E-state index in [-0.39, 0.29) is 11.9 Å². The molecule has 17 heavy (non-hydrogen) atoms. The minimum atomic E-state index is -0.425. The van der Waals surface area contributed by atoms with E-state index in [1.165, 1.54) is 0 Å². The van der Waals surface area contributed by atoms with Crippen molar-refractivity contribution in [3.05, 3.63) is 10.7 Å². The minimum Gasteiger partial charge on any atom is -0.383 e. The molecule has 0 spiro atoms. The Labute approximate surface area is 109 Å². The molecule has 1 aromatic heterocycles. The van der Waals surface area contributed by atoms with Gasteiger partial charge in [0.2, 0.25) is 11.9 Å². The van der Waals surface area contributed by atoms with Gasteiger partial charge in [-0.25, -0.2) is 4.98 Å². The summed E-state index contributed by atoms with van der Waals surface area (Å²) < 4.78 is 0.573. The number of aromatic nitrogens is 2. The van der Waals surface area contributed by atoms with Gasteiger partial charge >= 0.3 is 0 Å². The van der Waals surface area contributed by atoms with Gasteiger partial charge in [0.05, 0.1) is 0 Å². The molecule has 0 saturated carbocycles. The third kappa shape index (κ3) is 4.56. The number of anilines is 2. The quantitative estimate of drug-likeness (QED) is 0.725. The largest absolute Gasteiger partial charge is 0.383 e. The fourth-order valence-electron chi connectivity index (χ4n) is 1.17. The smallest absolute Gasteiger partial charge is 0.242 e. The molecule has 6 nitrogen and oxygen atoms in total. The lowest BCUT2D eigenvalue weighted by Gasteiger charge is -2.16. The van der Waals surface area contributed by atoms with Gasteiger partial charge < -0.3 is 16.4 Å². The first-order chi connectivity index (χ1) is 7.88. The van der Waals surface area contributed by atoms with Crippen LogP contribution in [0.1, 0.15) is 20.8 Å². The highest BCUT2D eigenvalue weighted by Gasteiger charge is 2.14. The number of nitrogens with one attached hydrogen (secondary N) is 2. The van der Waals surface area contributed by atoms with Crippen LogP contribution in [-0.4, -0.2) is 28.0 Å². The van der Waals surface area contributed by atoms with Gasteiger partial charge in [-0.15, -0.1) is 0 Å². The van der Waals surface area contributed by atoms with E-state index in [2.05, 4.69) is 36.5 Å². The molecular formula is C10H16BrN5O. The summed E-state index contributed by atoms with van der Waals surface area (Å²) >= 11 is 3.21. The van der Waals surface area contributed by atoms with E-state index in [4.69, 9.17) is 5.73 Å². The van der Waals surface area contributed by atoms with E-state index in [0.717, 1.165) is 0 Å². The van der Waals surface area contributed by atoms with Gasteiger partial charge in [0.25, 0.3) is 0 Å². The second-order valence-corrected chi connectivity index (χ2v) is 4.78. The zero-order valence-electron chi connectivity index (χ0n) is 9.99. The van der Waals surface area contributed by atoms with Crippen molar-refractivity contribution in [2.24, 2.45) is 0 Å². The van der Waals surface area contributed by atoms with Crippen molar-refractivity contribution in [2.75, 3.05) is 11.1 Å². The summed E-state index contributed by atoms with van der Waals surface area (Å²) in [6.07, 6.45) is 0. The normalized spacial score (nSPS) is 12.3. The van der Waals surface area contributed by atoms with Crippen LogP contribution in [0, 0.1) is 0 Å². The number of nitrogen functional groups attached to an aromatic ring is 1. The second-order valence-electron chi connectivity index (χ2n) is 3.97. The molecule has 0 aliphatic heterocycles. The average Bonchev–Trinajstić information content (AvgIpc) is 2.14. The number of hydrogen-bond donors (Lipinski definition) is 3. The Bertz CT molecular complexity index is 389. The Morgan fingerprint density at radius 3 is 2.59 bits per heavy atom. The highest BCUT2D eigenvalue weighted by Crippen LogP contribution is 2.12. The Morgan fingerprint density at radius 1 is 1.41 bits per heavy atom. The molecule has 1 amide bonds. The van der Waals surface area contributed by atoms with Crippen LogP contribution >= 0.6 is 15.9 Å². The van der Waals surface area contributed by atoms with Gasteiger partial charge in [-0.3, -0.25) is 4.79 Å². The number of nitrogens with zero attached hydrogens (tertiary/aromatic N) is 2. The Morgan fingerprint density at radius 2 is 2.06 bits per heavy atom. The third-order valence-electron chi connectivity index (χ3n) is 1.88. The van der Waals surface area contributed by atoms with Crippen molar-refractivity contribution in [1.82, 2.24) is 15.3 Å². The first-order valence-electron chi connectivity index (χ1n) is 5.25. The molecule has 1 atom stereocenters. The van der Waals surface area contributed by atoms with Crippen molar-refractivity contribution in [3.63, 3.8) is 0 Å². The maximum atomic E-state index is 11.7. The number of amides is 1. The van der Waals surface area contributed by atoms with E-state index in [9.17, 15) is 4.79 Å². The van der Waals surface area contributed by atoms with Crippen LogP contribution in [0.2, 0.25) is 0 Å². The van der Waals surface area contributed by atoms with Crippen molar-refractivity contribution >= 4 is 33.6 Å². The summed E-state index contributed by atoms with van der Waals surface area (Å²) in [7, 11) is 0. The summed E-state index contributed by atoms with van der Waals surface area (Å²) in [4.78, 5) is 19.7. The summed E-state index contributed by atoms with van der Waals surface area (Å²) in [6.45, 7) is 5.54. The van der Waals surface area contributed by atoms with Crippen LogP contribution in [-0.2, 0) is 4.79 Å². The monoisotopic (exact) mass is 301 g/mol. The average molecular weight is 302 g/mol. The number of nitrogens with two attached hydrogens (primary N) is 1. The first-order valence-corrected chi connectivity index (χ1v) is 6.04. The highest BCUT2D eigenvalue weighted by atomic mass is 79.9. The van der Waals surface area contributed by atoms with E-state index in [1.54, 1.807) is 13.0 Å². The summed E-state index contributed by atoms with van der Waals surface area (Å²) in [5.41, 5.74) is 5.57. The van der Waals surface area contributed by atoms with Crippen molar-refractivity contribution in [3.8, 4) is 0 Å². The number of carbonyl (C=O) groups excluding carboxylic acids is 1. The molecule has 0 aliphatic rings. The predicted molar refractivity (Wildman–Crippen MR) is 70.5 cm³/mol. The maximum Gasteiger partial charge on any atom is 0.242 e. The molecule has 0 radical (unpaired) electrons. The van der Waals surface area contributed by atoms with E-state index >= 15 is 0 Å². The second kappa shape index (κ2) is 5.81. The number of hydrogen-bond acceptors (Lipinski definition) is 5. The van der Waals surface area contributed by atoms with Crippen molar-refractivity contribution in [1.29, 1.82) is 0 Å². The summed E-state index contributed by atoms with van der Waals surface area (Å²) in [6, 6.07) is 1.26. The fourth-order valence-corrected chi connectivity index (χ4v) is 1.57. The molecule has 4 N–H and O–H groups in total. The molecule has 0 aliphatic carbocycles. The lowest BCUT2D eigenvalue weighted by atomic mass is 10.3. The summed E-state index contributed by atoms with van der Waals surface area (Å²) in [5.74, 6) is 0.552. The zero-order chi connectivity index (χ0) is 13.0. The van der Waals surface area contributed by atoms with Crippen LogP contribution in [0.25, 0.3) is 0 Å². The molecular weight excluding hydrogens is 286 g/mol. The Kier molecular flexibility index (Phi) is 4.68. The molecule has 0 bridgehead atoms. The molecule has 7 heteroatoms. The lowest BCUT2D eigenvalue weighted by Crippen LogP contribution is -2.41. The zero-order valence-corrected chi connectivity index (χ0v) is 11.6. The molecule has 0 saturated heterocycles. The SMILES string of the molecule is CC(C)NC(=O)C(C)Nc1nc(N)cc(Br)n1. The van der Waals surface area contributed by atoms with Crippen molar-refractivity contribution in [2.45, 2.75) is 32.9 Å². The van der Waals surface area contributed by atoms with Crippen LogP contribution in [0.15, 0.2) is 10.7 Å². The lowest BCUT2D eigenvalue weighted by molar-refractivity contribution is -0.122. The highest BCUT2D eigenvalue weighted by molar-refractivity contribution is 9.10. The van der Waals surface area contributed by atoms with Crippen LogP contribution in [0.3, 0.4) is 0 Å². The predicted octanol–water partition coefficient (Wildman–Crippen LogP) is 1.15. The molecule has 0 aromatic carbocycles. The molecule has 1 heterocycles. The summed E-state index contributed by atoms with van der Waals surface area (Å²) in [5, 5.41) is 5.68. The van der Waals surface area contributed by atoms with Crippen LogP contribution in [0.4, 0.5) is 11.8 Å². The maximum absolute atomic E-state index is 11.7. The van der Waals surface area contributed by atoms with E-state index in [0.29, 0.717) is 16.4 Å². The fraction of sp³-hybridized carbons (Fsp3) is 0.500. The van der Waals surface area contributed by atoms with Gasteiger partial charge in [-0.05, 0) is 36.7 Å². The molecule has 0 fully saturated rings. The van der Waals surface area contributed by atoms with Gasteiger partial charge in [-0.2, -0.15) is 4.98 Å². The Balaban J connectivity index is 2.67. The number of rotatable bonds is 4. The molecule has 94 valence electrons. The van der Waals surface area contributed by atoms with Crippen LogP contribution in [0.5, 0.6) is 0 Å². The number of carbonyl (C=O) groups is 1. The molecule has 1 rings (SSSR count). The topological polar surface area (TPSA) is 92.9 Å². The van der Waals surface area contributed by atoms with Gasteiger partial charge in [-0.1, -0.05) is 0 Å². The van der Waals surface area contributed by atoms with E-state index < -0.39 is 6.04 Å². The van der Waals surface area contributed by atoms with Crippen molar-refractivity contribution < 1.29 is 4.79 Å². The van der Waals surface area contributed by atoms with Crippen LogP contribution < -0.4 is 16.4 Å². The molecule has 1 aromatic rings. The van der Waals surface area contributed by atoms with E-state index in [1.807, 2.05) is 13.8 Å². The van der Waals surface area contributed by atoms with Gasteiger partial charge in [0, 0.05) is 12.1 Å². The number of halogens is 1. The first kappa shape index (κ1) is 13.7. The standard InChI is InChI=1S/C10H16BrN5O/c1-5(2)13-9(17)6(3)14-10-15-7(11)4-8(12)16-10/h4-6H,1-3H3,(H,13,17)(H3,12,14,15,16). The van der Waals surface area contributed by atoms with Gasteiger partial charge in [0.15, 0.2) is 0 Å². The third-order valence-corrected chi connectivity index (χ3v) is 2.29. The molecule has 1 unspecified atom stereocenters. The minimum absolute atomic E-state index is 0.0975. The van der Waals surface area contributed by atoms with Gasteiger partial charge in [0.1, 0.15) is 16.5 Å².